The van der Waals surface area contributed by atoms with E-state index in [0.717, 1.165) is 57.9 Å². The number of aliphatic hydroxyl groups is 1. The molecule has 2 saturated heterocycles. The zero-order valence-electron chi connectivity index (χ0n) is 14.8. The van der Waals surface area contributed by atoms with Crippen LogP contribution >= 0.6 is 0 Å². The molecule has 7 heteroatoms. The van der Waals surface area contributed by atoms with Gasteiger partial charge in [-0.1, -0.05) is 0 Å². The first-order chi connectivity index (χ1) is 11.5. The van der Waals surface area contributed by atoms with Gasteiger partial charge in [0.05, 0.1) is 6.54 Å². The van der Waals surface area contributed by atoms with E-state index in [9.17, 15) is 9.90 Å². The third-order valence-corrected chi connectivity index (χ3v) is 5.42. The predicted molar refractivity (Wildman–Crippen MR) is 91.4 cm³/mol. The molecule has 0 bridgehead atoms. The van der Waals surface area contributed by atoms with Crippen LogP contribution in [0.4, 0.5) is 0 Å². The molecule has 134 valence electrons. The number of carbonyl (C=O) groups is 1. The Kier molecular flexibility index (Phi) is 5.53. The van der Waals surface area contributed by atoms with Crippen molar-refractivity contribution < 1.29 is 9.90 Å². The second-order valence-corrected chi connectivity index (χ2v) is 7.14. The fourth-order valence-corrected chi connectivity index (χ4v) is 3.65. The quantitative estimate of drug-likeness (QED) is 0.835. The number of amides is 1. The van der Waals surface area contributed by atoms with E-state index in [4.69, 9.17) is 0 Å². The second-order valence-electron chi connectivity index (χ2n) is 7.14. The molecule has 2 aliphatic rings. The van der Waals surface area contributed by atoms with Gasteiger partial charge in [0.2, 0.25) is 5.91 Å². The van der Waals surface area contributed by atoms with Crippen LogP contribution in [-0.2, 0) is 11.8 Å². The molecular weight excluding hydrogens is 306 g/mol. The van der Waals surface area contributed by atoms with Gasteiger partial charge in [0.15, 0.2) is 0 Å². The van der Waals surface area contributed by atoms with Crippen LogP contribution in [0.5, 0.6) is 0 Å². The topological polar surface area (TPSA) is 64.8 Å². The van der Waals surface area contributed by atoms with Crippen LogP contribution < -0.4 is 0 Å². The van der Waals surface area contributed by atoms with Crippen LogP contribution in [0.2, 0.25) is 0 Å². The van der Waals surface area contributed by atoms with Gasteiger partial charge in [-0.25, -0.2) is 4.98 Å². The Morgan fingerprint density at radius 1 is 1.21 bits per heavy atom. The number of rotatable bonds is 4. The molecule has 1 atom stereocenters. The lowest BCUT2D eigenvalue weighted by atomic mass is 9.90. The first-order valence-corrected chi connectivity index (χ1v) is 8.88. The normalized spacial score (nSPS) is 22.7. The van der Waals surface area contributed by atoms with Crippen molar-refractivity contribution in [1.29, 1.82) is 0 Å². The molecule has 24 heavy (non-hydrogen) atoms. The number of nitrogens with zero attached hydrogens (tertiary/aromatic N) is 5. The summed E-state index contributed by atoms with van der Waals surface area (Å²) in [7, 11) is 4.01. The molecule has 0 spiro atoms. The van der Waals surface area contributed by atoms with Crippen LogP contribution in [-0.4, -0.2) is 88.1 Å². The first-order valence-electron chi connectivity index (χ1n) is 8.88. The molecule has 3 rings (SSSR count). The maximum Gasteiger partial charge on any atom is 0.236 e. The lowest BCUT2D eigenvalue weighted by Crippen LogP contribution is -2.51. The molecule has 2 aliphatic heterocycles. The summed E-state index contributed by atoms with van der Waals surface area (Å²) in [5.41, 5.74) is 0. The molecule has 1 N–H and O–H groups in total. The lowest BCUT2D eigenvalue weighted by Gasteiger charge is -2.36. The third kappa shape index (κ3) is 3.96. The molecule has 0 radical (unpaired) electrons. The Bertz CT molecular complexity index is 545. The summed E-state index contributed by atoms with van der Waals surface area (Å²) in [6.45, 7) is 5.84. The van der Waals surface area contributed by atoms with Crippen molar-refractivity contribution in [2.75, 3.05) is 52.9 Å². The second kappa shape index (κ2) is 7.63. The van der Waals surface area contributed by atoms with Crippen molar-refractivity contribution in [3.63, 3.8) is 0 Å². The van der Waals surface area contributed by atoms with E-state index >= 15 is 0 Å². The number of carbonyl (C=O) groups excluding carboxylic acids is 1. The minimum Gasteiger partial charge on any atom is -0.385 e. The highest BCUT2D eigenvalue weighted by atomic mass is 16.3. The maximum absolute atomic E-state index is 12.4. The highest BCUT2D eigenvalue weighted by Gasteiger charge is 2.30. The molecule has 1 aromatic rings. The Labute approximate surface area is 143 Å². The SMILES string of the molecule is CN1CCN(C(=O)CN2CCC(C(O)c3nccn3C)CC2)CC1. The van der Waals surface area contributed by atoms with Gasteiger partial charge in [-0.2, -0.15) is 0 Å². The smallest absolute Gasteiger partial charge is 0.236 e. The summed E-state index contributed by atoms with van der Waals surface area (Å²) < 4.78 is 1.88. The van der Waals surface area contributed by atoms with Gasteiger partial charge in [-0.15, -0.1) is 0 Å². The number of hydrogen-bond donors (Lipinski definition) is 1. The summed E-state index contributed by atoms with van der Waals surface area (Å²) in [5.74, 6) is 1.20. The molecule has 0 saturated carbocycles. The van der Waals surface area contributed by atoms with E-state index in [1.54, 1.807) is 6.20 Å². The van der Waals surface area contributed by atoms with Crippen molar-refractivity contribution in [3.8, 4) is 0 Å². The van der Waals surface area contributed by atoms with Gasteiger partial charge in [0.25, 0.3) is 0 Å². The van der Waals surface area contributed by atoms with Crippen LogP contribution in [0.1, 0.15) is 24.8 Å². The van der Waals surface area contributed by atoms with Gasteiger partial charge in [0.1, 0.15) is 11.9 Å². The van der Waals surface area contributed by atoms with Gasteiger partial charge >= 0.3 is 0 Å². The Morgan fingerprint density at radius 2 is 1.88 bits per heavy atom. The van der Waals surface area contributed by atoms with Gasteiger partial charge in [-0.05, 0) is 38.9 Å². The van der Waals surface area contributed by atoms with Gasteiger partial charge in [0, 0.05) is 45.6 Å². The van der Waals surface area contributed by atoms with E-state index in [-0.39, 0.29) is 11.8 Å². The zero-order chi connectivity index (χ0) is 17.1. The van der Waals surface area contributed by atoms with Crippen LogP contribution in [0.15, 0.2) is 12.4 Å². The fraction of sp³-hybridized carbons (Fsp3) is 0.765. The first kappa shape index (κ1) is 17.4. The number of likely N-dealkylation sites (N-methyl/N-ethyl adjacent to an activating group) is 1. The maximum atomic E-state index is 12.4. The number of aromatic nitrogens is 2. The molecule has 2 fully saturated rings. The minimum absolute atomic E-state index is 0.223. The Balaban J connectivity index is 1.45. The van der Waals surface area contributed by atoms with Crippen molar-refractivity contribution in [1.82, 2.24) is 24.3 Å². The average Bonchev–Trinajstić information content (AvgIpc) is 3.01. The minimum atomic E-state index is -0.513. The summed E-state index contributed by atoms with van der Waals surface area (Å²) in [4.78, 5) is 23.1. The van der Waals surface area contributed by atoms with Crippen molar-refractivity contribution in [2.45, 2.75) is 18.9 Å². The van der Waals surface area contributed by atoms with Gasteiger partial charge in [-0.3, -0.25) is 9.69 Å². The average molecular weight is 335 g/mol. The van der Waals surface area contributed by atoms with Crippen LogP contribution in [0, 0.1) is 5.92 Å². The lowest BCUT2D eigenvalue weighted by molar-refractivity contribution is -0.134. The largest absolute Gasteiger partial charge is 0.385 e. The van der Waals surface area contributed by atoms with E-state index in [2.05, 4.69) is 21.8 Å². The number of imidazole rings is 1. The monoisotopic (exact) mass is 335 g/mol. The zero-order valence-corrected chi connectivity index (χ0v) is 14.8. The standard InChI is InChI=1S/C17H29N5O2/c1-19-9-11-22(12-10-19)15(23)13-21-6-3-14(4-7-21)16(24)17-18-5-8-20(17)2/h5,8,14,16,24H,3-4,6-7,9-13H2,1-2H3. The highest BCUT2D eigenvalue weighted by molar-refractivity contribution is 5.78. The van der Waals surface area contributed by atoms with E-state index in [1.807, 2.05) is 22.7 Å². The third-order valence-electron chi connectivity index (χ3n) is 5.42. The summed E-state index contributed by atoms with van der Waals surface area (Å²) >= 11 is 0. The fourth-order valence-electron chi connectivity index (χ4n) is 3.65. The number of aryl methyl sites for hydroxylation is 1. The molecule has 1 unspecified atom stereocenters. The van der Waals surface area contributed by atoms with Crippen molar-refractivity contribution in [3.05, 3.63) is 18.2 Å². The van der Waals surface area contributed by atoms with Crippen LogP contribution in [0.25, 0.3) is 0 Å². The van der Waals surface area contributed by atoms with E-state index in [0.29, 0.717) is 6.54 Å². The molecular formula is C17H29N5O2. The van der Waals surface area contributed by atoms with Crippen molar-refractivity contribution >= 4 is 5.91 Å². The van der Waals surface area contributed by atoms with Crippen molar-refractivity contribution in [2.24, 2.45) is 13.0 Å². The molecule has 1 aromatic heterocycles. The number of aliphatic hydroxyl groups excluding tert-OH is 1. The summed E-state index contributed by atoms with van der Waals surface area (Å²) in [6.07, 6.45) is 4.89. The molecule has 1 amide bonds. The van der Waals surface area contributed by atoms with E-state index < -0.39 is 6.10 Å². The molecule has 3 heterocycles. The summed E-state index contributed by atoms with van der Waals surface area (Å²) in [5, 5.41) is 10.5. The number of likely N-dealkylation sites (tertiary alicyclic amines) is 1. The molecule has 7 nitrogen and oxygen atoms in total. The van der Waals surface area contributed by atoms with Crippen LogP contribution in [0.3, 0.4) is 0 Å². The number of piperazine rings is 1. The number of piperidine rings is 1. The van der Waals surface area contributed by atoms with E-state index in [1.165, 1.54) is 0 Å². The Morgan fingerprint density at radius 3 is 2.46 bits per heavy atom. The summed E-state index contributed by atoms with van der Waals surface area (Å²) in [6, 6.07) is 0. The predicted octanol–water partition coefficient (Wildman–Crippen LogP) is -0.0605. The molecule has 0 aromatic carbocycles. The molecule has 0 aliphatic carbocycles. The highest BCUT2D eigenvalue weighted by Crippen LogP contribution is 2.29. The number of hydrogen-bond acceptors (Lipinski definition) is 5. The Hall–Kier alpha value is -1.44. The van der Waals surface area contributed by atoms with Gasteiger partial charge < -0.3 is 19.5 Å².